The van der Waals surface area contributed by atoms with Gasteiger partial charge in [0.05, 0.1) is 22.4 Å². The van der Waals surface area contributed by atoms with Crippen molar-refractivity contribution in [3.8, 4) is 0 Å². The van der Waals surface area contributed by atoms with Crippen molar-refractivity contribution in [3.63, 3.8) is 0 Å². The molecule has 0 radical (unpaired) electrons. The number of thiophene rings is 2. The molecule has 0 saturated carbocycles. The molecule has 0 bridgehead atoms. The molecule has 0 atom stereocenters. The fraction of sp³-hybridized carbons (Fsp3) is 0.150. The molecule has 6 nitrogen and oxygen atoms in total. The van der Waals surface area contributed by atoms with E-state index in [1.54, 1.807) is 49.6 Å². The Labute approximate surface area is 180 Å². The number of nitrogens with one attached hydrogen (secondary N) is 2. The highest BCUT2D eigenvalue weighted by atomic mass is 35.5. The summed E-state index contributed by atoms with van der Waals surface area (Å²) in [5.74, 6) is -1.39. The summed E-state index contributed by atoms with van der Waals surface area (Å²) in [6.45, 7) is 3.44. The smallest absolute Gasteiger partial charge is 0.341 e. The second kappa shape index (κ2) is 8.77. The Hall–Kier alpha value is -2.68. The van der Waals surface area contributed by atoms with Gasteiger partial charge in [0, 0.05) is 10.7 Å². The van der Waals surface area contributed by atoms with E-state index in [9.17, 15) is 14.4 Å². The first-order valence-electron chi connectivity index (χ1n) is 8.46. The molecule has 150 valence electrons. The summed E-state index contributed by atoms with van der Waals surface area (Å²) in [4.78, 5) is 38.4. The number of halogens is 1. The lowest BCUT2D eigenvalue weighted by molar-refractivity contribution is 0.0601. The predicted molar refractivity (Wildman–Crippen MR) is 117 cm³/mol. The van der Waals surface area contributed by atoms with Crippen LogP contribution in [-0.2, 0) is 4.74 Å². The number of amides is 2. The van der Waals surface area contributed by atoms with Crippen molar-refractivity contribution in [1.82, 2.24) is 0 Å². The topological polar surface area (TPSA) is 84.5 Å². The molecule has 3 rings (SSSR count). The van der Waals surface area contributed by atoms with Crippen LogP contribution in [0.4, 0.5) is 10.7 Å². The Morgan fingerprint density at radius 2 is 1.76 bits per heavy atom. The van der Waals surface area contributed by atoms with E-state index in [-0.39, 0.29) is 16.5 Å². The Bertz CT molecular complexity index is 1090. The molecule has 1 aromatic carbocycles. The molecule has 2 amide bonds. The normalized spacial score (nSPS) is 10.5. The molecule has 0 spiro atoms. The summed E-state index contributed by atoms with van der Waals surface area (Å²) < 4.78 is 4.85. The molecule has 9 heteroatoms. The van der Waals surface area contributed by atoms with Gasteiger partial charge in [0.25, 0.3) is 11.8 Å². The van der Waals surface area contributed by atoms with Gasteiger partial charge in [0.1, 0.15) is 5.00 Å². The number of methoxy groups -OCH3 is 1. The van der Waals surface area contributed by atoms with Crippen molar-refractivity contribution in [2.24, 2.45) is 0 Å². The summed E-state index contributed by atoms with van der Waals surface area (Å²) >= 11 is 8.41. The third kappa shape index (κ3) is 4.34. The zero-order valence-electron chi connectivity index (χ0n) is 15.8. The molecule has 0 saturated heterocycles. The molecular weight excluding hydrogens is 432 g/mol. The van der Waals surface area contributed by atoms with Crippen molar-refractivity contribution in [2.75, 3.05) is 17.7 Å². The summed E-state index contributed by atoms with van der Waals surface area (Å²) in [6, 6.07) is 8.64. The second-order valence-electron chi connectivity index (χ2n) is 6.05. The van der Waals surface area contributed by atoms with Gasteiger partial charge >= 0.3 is 5.97 Å². The minimum atomic E-state index is -0.627. The number of rotatable bonds is 5. The van der Waals surface area contributed by atoms with Gasteiger partial charge in [-0.15, -0.1) is 22.7 Å². The van der Waals surface area contributed by atoms with Crippen LogP contribution in [0, 0.1) is 13.8 Å². The van der Waals surface area contributed by atoms with E-state index >= 15 is 0 Å². The highest BCUT2D eigenvalue weighted by molar-refractivity contribution is 7.19. The minimum Gasteiger partial charge on any atom is -0.465 e. The van der Waals surface area contributed by atoms with E-state index in [4.69, 9.17) is 16.3 Å². The largest absolute Gasteiger partial charge is 0.465 e. The maximum Gasteiger partial charge on any atom is 0.341 e. The highest BCUT2D eigenvalue weighted by Gasteiger charge is 2.27. The number of anilines is 2. The monoisotopic (exact) mass is 448 g/mol. The van der Waals surface area contributed by atoms with E-state index in [1.165, 1.54) is 18.4 Å². The molecule has 0 unspecified atom stereocenters. The molecule has 0 aliphatic carbocycles. The van der Waals surface area contributed by atoms with Crippen LogP contribution >= 0.6 is 34.3 Å². The van der Waals surface area contributed by atoms with Gasteiger partial charge in [-0.05, 0) is 48.6 Å². The molecule has 2 heterocycles. The fourth-order valence-electron chi connectivity index (χ4n) is 2.66. The molecule has 2 N–H and O–H groups in total. The van der Waals surface area contributed by atoms with Gasteiger partial charge in [-0.2, -0.15) is 0 Å². The first-order chi connectivity index (χ1) is 13.8. The number of hydrogen-bond acceptors (Lipinski definition) is 6. The lowest BCUT2D eigenvalue weighted by Gasteiger charge is -2.09. The van der Waals surface area contributed by atoms with Gasteiger partial charge in [0.2, 0.25) is 0 Å². The average Bonchev–Trinajstić information content (AvgIpc) is 3.33. The zero-order chi connectivity index (χ0) is 21.1. The highest BCUT2D eigenvalue weighted by Crippen LogP contribution is 2.35. The molecule has 2 aromatic heterocycles. The van der Waals surface area contributed by atoms with Crippen molar-refractivity contribution in [3.05, 3.63) is 67.2 Å². The Morgan fingerprint density at radius 1 is 1.00 bits per heavy atom. The Morgan fingerprint density at radius 3 is 2.41 bits per heavy atom. The van der Waals surface area contributed by atoms with Crippen LogP contribution in [0.25, 0.3) is 0 Å². The molecule has 29 heavy (non-hydrogen) atoms. The first-order valence-corrected chi connectivity index (χ1v) is 10.5. The quantitative estimate of drug-likeness (QED) is 0.514. The summed E-state index contributed by atoms with van der Waals surface area (Å²) in [6.07, 6.45) is 0. The number of benzene rings is 1. The van der Waals surface area contributed by atoms with E-state index in [2.05, 4.69) is 10.6 Å². The van der Waals surface area contributed by atoms with E-state index < -0.39 is 11.9 Å². The Kier molecular flexibility index (Phi) is 6.36. The number of carbonyl (C=O) groups excluding carboxylic acids is 3. The summed E-state index contributed by atoms with van der Waals surface area (Å²) in [5, 5.41) is 8.10. The van der Waals surface area contributed by atoms with Gasteiger partial charge < -0.3 is 15.4 Å². The molecule has 0 aliphatic heterocycles. The zero-order valence-corrected chi connectivity index (χ0v) is 18.2. The third-order valence-electron chi connectivity index (χ3n) is 4.23. The fourth-order valence-corrected chi connectivity index (χ4v) is 4.54. The van der Waals surface area contributed by atoms with Crippen molar-refractivity contribution in [2.45, 2.75) is 13.8 Å². The van der Waals surface area contributed by atoms with Crippen LogP contribution in [-0.4, -0.2) is 24.9 Å². The molecular formula is C20H17ClN2O4S2. The van der Waals surface area contributed by atoms with Crippen LogP contribution in [0.3, 0.4) is 0 Å². The van der Waals surface area contributed by atoms with Crippen LogP contribution in [0.15, 0.2) is 35.7 Å². The molecule has 0 fully saturated rings. The van der Waals surface area contributed by atoms with Crippen LogP contribution in [0.5, 0.6) is 0 Å². The summed E-state index contributed by atoms with van der Waals surface area (Å²) in [5.41, 5.74) is 1.89. The lowest BCUT2D eigenvalue weighted by Crippen LogP contribution is -2.14. The van der Waals surface area contributed by atoms with Crippen LogP contribution in [0.2, 0.25) is 5.02 Å². The average molecular weight is 449 g/mol. The standard InChI is InChI=1S/C20H17ClN2O4S2/c1-10-12(21)6-4-7-13(10)22-18(25)16-11(2)15(20(26)27-3)19(29-16)23-17(24)14-8-5-9-28-14/h4-9H,1-3H3,(H,22,25)(H,23,24). The van der Waals surface area contributed by atoms with E-state index in [0.29, 0.717) is 26.0 Å². The van der Waals surface area contributed by atoms with Crippen molar-refractivity contribution in [1.29, 1.82) is 0 Å². The molecule has 0 aliphatic rings. The number of hydrogen-bond donors (Lipinski definition) is 2. The summed E-state index contributed by atoms with van der Waals surface area (Å²) in [7, 11) is 1.25. The first kappa shape index (κ1) is 21.0. The van der Waals surface area contributed by atoms with Gasteiger partial charge in [-0.1, -0.05) is 23.7 Å². The maximum atomic E-state index is 12.9. The number of esters is 1. The molecule has 3 aromatic rings. The second-order valence-corrected chi connectivity index (χ2v) is 8.43. The number of carbonyl (C=O) groups is 3. The van der Waals surface area contributed by atoms with Gasteiger partial charge in [0.15, 0.2) is 0 Å². The Balaban J connectivity index is 1.95. The third-order valence-corrected chi connectivity index (χ3v) is 6.71. The van der Waals surface area contributed by atoms with Gasteiger partial charge in [-0.25, -0.2) is 4.79 Å². The SMILES string of the molecule is COC(=O)c1c(NC(=O)c2cccs2)sc(C(=O)Nc2cccc(Cl)c2C)c1C. The van der Waals surface area contributed by atoms with Gasteiger partial charge in [-0.3, -0.25) is 9.59 Å². The number of ether oxygens (including phenoxy) is 1. The van der Waals surface area contributed by atoms with E-state index in [0.717, 1.165) is 16.9 Å². The minimum absolute atomic E-state index is 0.162. The lowest BCUT2D eigenvalue weighted by atomic mass is 10.1. The van der Waals surface area contributed by atoms with Crippen molar-refractivity contribution < 1.29 is 19.1 Å². The van der Waals surface area contributed by atoms with Crippen LogP contribution < -0.4 is 10.6 Å². The maximum absolute atomic E-state index is 12.9. The predicted octanol–water partition coefficient (Wildman–Crippen LogP) is 5.37. The van der Waals surface area contributed by atoms with Crippen molar-refractivity contribution >= 4 is 62.7 Å². The van der Waals surface area contributed by atoms with E-state index in [1.807, 2.05) is 0 Å². The van der Waals surface area contributed by atoms with Crippen LogP contribution in [0.1, 0.15) is 40.8 Å².